The van der Waals surface area contributed by atoms with Crippen LogP contribution in [0.4, 0.5) is 0 Å². The van der Waals surface area contributed by atoms with Crippen LogP contribution in [0.1, 0.15) is 12.8 Å². The van der Waals surface area contributed by atoms with Crippen LogP contribution in [0.25, 0.3) is 0 Å². The molecule has 5 heavy (non-hydrogen) atoms. The molecule has 0 N–H and O–H groups in total. The summed E-state index contributed by atoms with van der Waals surface area (Å²) in [4.78, 5) is 0. The predicted molar refractivity (Wildman–Crippen MR) is 13.0 cm³/mol. The van der Waals surface area contributed by atoms with E-state index in [1.807, 2.05) is 0 Å². The number of rotatable bonds is 0. The SMILES string of the molecule is [Li+].[O-]C1CC1. The van der Waals surface area contributed by atoms with Crippen molar-refractivity contribution in [1.82, 2.24) is 0 Å². The van der Waals surface area contributed by atoms with Crippen molar-refractivity contribution in [2.75, 3.05) is 0 Å². The fraction of sp³-hybridized carbons (Fsp3) is 1.00. The molecular weight excluding hydrogens is 59.0 g/mol. The smallest absolute Gasteiger partial charge is 0.852 e. The molecule has 0 spiro atoms. The second-order valence-corrected chi connectivity index (χ2v) is 1.20. The van der Waals surface area contributed by atoms with Gasteiger partial charge in [-0.25, -0.2) is 0 Å². The number of hydrogen-bond donors (Lipinski definition) is 0. The van der Waals surface area contributed by atoms with Crippen molar-refractivity contribution in [3.8, 4) is 0 Å². The summed E-state index contributed by atoms with van der Waals surface area (Å²) in [5.41, 5.74) is 0. The van der Waals surface area contributed by atoms with Crippen molar-refractivity contribution in [2.24, 2.45) is 0 Å². The van der Waals surface area contributed by atoms with E-state index < -0.39 is 0 Å². The molecule has 0 bridgehead atoms. The summed E-state index contributed by atoms with van der Waals surface area (Å²) in [5, 5.41) is 9.64. The van der Waals surface area contributed by atoms with Crippen molar-refractivity contribution in [2.45, 2.75) is 18.9 Å². The van der Waals surface area contributed by atoms with E-state index in [9.17, 15) is 5.11 Å². The summed E-state index contributed by atoms with van der Waals surface area (Å²) in [7, 11) is 0. The predicted octanol–water partition coefficient (Wildman–Crippen LogP) is -3.49. The van der Waals surface area contributed by atoms with Gasteiger partial charge < -0.3 is 5.11 Å². The van der Waals surface area contributed by atoms with Crippen molar-refractivity contribution < 1.29 is 24.0 Å². The Morgan fingerprint density at radius 3 is 1.60 bits per heavy atom. The van der Waals surface area contributed by atoms with Gasteiger partial charge in [-0.1, -0.05) is 12.8 Å². The van der Waals surface area contributed by atoms with Gasteiger partial charge in [-0.3, -0.25) is 0 Å². The molecule has 1 nitrogen and oxygen atoms in total. The van der Waals surface area contributed by atoms with Crippen LogP contribution < -0.4 is 24.0 Å². The van der Waals surface area contributed by atoms with Crippen LogP contribution in [0.5, 0.6) is 0 Å². The normalized spacial score (nSPS) is 21.0. The molecule has 0 aromatic carbocycles. The van der Waals surface area contributed by atoms with Crippen LogP contribution >= 0.6 is 0 Å². The molecule has 1 rings (SSSR count). The summed E-state index contributed by atoms with van der Waals surface area (Å²) in [5.74, 6) is 0. The Morgan fingerprint density at radius 1 is 1.40 bits per heavy atom. The van der Waals surface area contributed by atoms with Gasteiger partial charge in [-0.05, 0) is 0 Å². The van der Waals surface area contributed by atoms with E-state index in [0.29, 0.717) is 0 Å². The monoisotopic (exact) mass is 64.1 g/mol. The minimum Gasteiger partial charge on any atom is -0.852 e. The molecule has 0 heterocycles. The fourth-order valence-electron chi connectivity index (χ4n) is 0.0680. The average molecular weight is 64.0 g/mol. The van der Waals surface area contributed by atoms with Gasteiger partial charge in [0.25, 0.3) is 0 Å². The summed E-state index contributed by atoms with van der Waals surface area (Å²) < 4.78 is 0. The average Bonchev–Trinajstić information content (AvgIpc) is 1.75. The third-order valence-corrected chi connectivity index (χ3v) is 0.524. The van der Waals surface area contributed by atoms with Gasteiger partial charge in [-0.15, -0.1) is 6.10 Å². The molecule has 0 aliphatic heterocycles. The van der Waals surface area contributed by atoms with E-state index in [4.69, 9.17) is 0 Å². The summed E-state index contributed by atoms with van der Waals surface area (Å²) in [6, 6.07) is 0. The molecule has 2 heteroatoms. The molecule has 0 aromatic heterocycles. The van der Waals surface area contributed by atoms with Gasteiger partial charge in [0.05, 0.1) is 0 Å². The number of hydrogen-bond acceptors (Lipinski definition) is 1. The molecule has 0 saturated heterocycles. The van der Waals surface area contributed by atoms with Crippen molar-refractivity contribution >= 4 is 0 Å². The standard InChI is InChI=1S/C3H5O.Li/c4-3-1-2-3;/h3H,1-2H2;/q-1;+1. The largest absolute Gasteiger partial charge is 1.00 e. The molecule has 24 valence electrons. The van der Waals surface area contributed by atoms with Gasteiger partial charge in [-0.2, -0.15) is 0 Å². The van der Waals surface area contributed by atoms with Gasteiger partial charge in [0.2, 0.25) is 0 Å². The van der Waals surface area contributed by atoms with E-state index in [2.05, 4.69) is 0 Å². The van der Waals surface area contributed by atoms with E-state index in [1.165, 1.54) is 0 Å². The Morgan fingerprint density at radius 2 is 1.60 bits per heavy atom. The van der Waals surface area contributed by atoms with E-state index in [-0.39, 0.29) is 25.0 Å². The molecule has 0 radical (unpaired) electrons. The van der Waals surface area contributed by atoms with E-state index in [1.54, 1.807) is 0 Å². The Kier molecular flexibility index (Phi) is 2.08. The molecule has 0 aromatic rings. The summed E-state index contributed by atoms with van der Waals surface area (Å²) >= 11 is 0. The van der Waals surface area contributed by atoms with Crippen molar-refractivity contribution in [1.29, 1.82) is 0 Å². The molecule has 0 amide bonds. The van der Waals surface area contributed by atoms with Crippen molar-refractivity contribution in [3.05, 3.63) is 0 Å². The first-order valence-corrected chi connectivity index (χ1v) is 1.55. The van der Waals surface area contributed by atoms with Gasteiger partial charge in [0.15, 0.2) is 0 Å². The van der Waals surface area contributed by atoms with Crippen LogP contribution in [0, 0.1) is 0 Å². The quantitative estimate of drug-likeness (QED) is 0.268. The van der Waals surface area contributed by atoms with E-state index in [0.717, 1.165) is 12.8 Å². The van der Waals surface area contributed by atoms with Gasteiger partial charge in [0, 0.05) is 0 Å². The Bertz CT molecular complexity index is 26.1. The fourth-order valence-corrected chi connectivity index (χ4v) is 0.0680. The minimum absolute atomic E-state index is 0. The zero-order valence-corrected chi connectivity index (χ0v) is 3.40. The first kappa shape index (κ1) is 5.56. The molecule has 1 aliphatic rings. The zero-order chi connectivity index (χ0) is 2.99. The van der Waals surface area contributed by atoms with Crippen LogP contribution in [0.3, 0.4) is 0 Å². The van der Waals surface area contributed by atoms with E-state index >= 15 is 0 Å². The molecule has 1 fully saturated rings. The summed E-state index contributed by atoms with van der Waals surface area (Å²) in [6.45, 7) is 0. The van der Waals surface area contributed by atoms with Crippen LogP contribution in [-0.2, 0) is 0 Å². The third kappa shape index (κ3) is 2.36. The Hall–Kier alpha value is 0.557. The third-order valence-electron chi connectivity index (χ3n) is 0.524. The van der Waals surface area contributed by atoms with Crippen molar-refractivity contribution in [3.63, 3.8) is 0 Å². The first-order chi connectivity index (χ1) is 1.89. The molecular formula is C3H5LiO. The first-order valence-electron chi connectivity index (χ1n) is 1.55. The van der Waals surface area contributed by atoms with Crippen LogP contribution in [0.2, 0.25) is 0 Å². The molecule has 0 atom stereocenters. The van der Waals surface area contributed by atoms with Gasteiger partial charge >= 0.3 is 18.9 Å². The zero-order valence-electron chi connectivity index (χ0n) is 3.40. The maximum absolute atomic E-state index is 9.64. The minimum atomic E-state index is -0.167. The summed E-state index contributed by atoms with van der Waals surface area (Å²) in [6.07, 6.45) is 1.69. The molecule has 0 unspecified atom stereocenters. The Balaban J connectivity index is 0.000000160. The van der Waals surface area contributed by atoms with Gasteiger partial charge in [0.1, 0.15) is 0 Å². The Labute approximate surface area is 43.6 Å². The second-order valence-electron chi connectivity index (χ2n) is 1.20. The maximum Gasteiger partial charge on any atom is 1.00 e. The van der Waals surface area contributed by atoms with Crippen LogP contribution in [0.15, 0.2) is 0 Å². The maximum atomic E-state index is 9.64. The molecule has 1 saturated carbocycles. The molecule has 1 aliphatic carbocycles. The second kappa shape index (κ2) is 1.87. The topological polar surface area (TPSA) is 23.1 Å². The van der Waals surface area contributed by atoms with Crippen LogP contribution in [-0.4, -0.2) is 6.10 Å².